The lowest BCUT2D eigenvalue weighted by atomic mass is 9.98. The van der Waals surface area contributed by atoms with Crippen molar-refractivity contribution in [1.29, 1.82) is 0 Å². The van der Waals surface area contributed by atoms with Crippen LogP contribution < -0.4 is 10.5 Å². The molecule has 19 heavy (non-hydrogen) atoms. The van der Waals surface area contributed by atoms with Crippen molar-refractivity contribution in [2.75, 3.05) is 12.3 Å². The largest absolute Gasteiger partial charge is 0.395 e. The molecule has 0 fully saturated rings. The number of anilines is 1. The zero-order valence-corrected chi connectivity index (χ0v) is 11.8. The molecule has 0 aliphatic heterocycles. The summed E-state index contributed by atoms with van der Waals surface area (Å²) in [5.74, 6) is -0.788. The summed E-state index contributed by atoms with van der Waals surface area (Å²) in [6, 6.07) is 3.58. The minimum atomic E-state index is -3.94. The maximum Gasteiger partial charge on any atom is 0.242 e. The summed E-state index contributed by atoms with van der Waals surface area (Å²) in [5, 5.41) is 10.0. The van der Waals surface area contributed by atoms with Gasteiger partial charge < -0.3 is 10.8 Å². The molecule has 1 rings (SSSR count). The normalized spacial score (nSPS) is 12.6. The van der Waals surface area contributed by atoms with Crippen LogP contribution in [0, 0.1) is 5.82 Å². The van der Waals surface area contributed by atoms with Gasteiger partial charge in [-0.1, -0.05) is 19.9 Å². The fraction of sp³-hybridized carbons (Fsp3) is 0.500. The molecule has 0 radical (unpaired) electrons. The Labute approximate surface area is 112 Å². The number of rotatable bonds is 6. The fourth-order valence-electron chi connectivity index (χ4n) is 1.56. The van der Waals surface area contributed by atoms with Crippen LogP contribution in [-0.4, -0.2) is 25.7 Å². The highest BCUT2D eigenvalue weighted by Crippen LogP contribution is 2.21. The number of halogens is 1. The molecule has 0 amide bonds. The summed E-state index contributed by atoms with van der Waals surface area (Å²) in [5.41, 5.74) is 3.88. The van der Waals surface area contributed by atoms with Crippen molar-refractivity contribution < 1.29 is 17.9 Å². The van der Waals surface area contributed by atoms with Crippen LogP contribution in [0.2, 0.25) is 0 Å². The Hall–Kier alpha value is -1.18. The number of sulfonamides is 1. The Morgan fingerprint density at radius 3 is 2.47 bits per heavy atom. The number of para-hydroxylation sites is 1. The van der Waals surface area contributed by atoms with E-state index in [1.807, 2.05) is 0 Å². The first-order chi connectivity index (χ1) is 8.75. The second-order valence-corrected chi connectivity index (χ2v) is 6.14. The van der Waals surface area contributed by atoms with Crippen molar-refractivity contribution in [1.82, 2.24) is 4.72 Å². The van der Waals surface area contributed by atoms with Crippen LogP contribution in [0.1, 0.15) is 26.7 Å². The third-order valence-corrected chi connectivity index (χ3v) is 4.67. The lowest BCUT2D eigenvalue weighted by Crippen LogP contribution is -2.42. The van der Waals surface area contributed by atoms with Gasteiger partial charge in [0.2, 0.25) is 10.0 Å². The van der Waals surface area contributed by atoms with Crippen molar-refractivity contribution in [3.05, 3.63) is 24.0 Å². The number of hydrogen-bond acceptors (Lipinski definition) is 4. The van der Waals surface area contributed by atoms with Gasteiger partial charge in [-0.05, 0) is 25.0 Å². The predicted octanol–water partition coefficient (Wildman–Crippen LogP) is 1.24. The average Bonchev–Trinajstić information content (AvgIpc) is 2.39. The van der Waals surface area contributed by atoms with Gasteiger partial charge in [0.15, 0.2) is 0 Å². The minimum absolute atomic E-state index is 0.141. The van der Waals surface area contributed by atoms with Crippen molar-refractivity contribution >= 4 is 15.7 Å². The van der Waals surface area contributed by atoms with E-state index in [0.717, 1.165) is 6.07 Å². The molecule has 0 saturated carbocycles. The lowest BCUT2D eigenvalue weighted by molar-refractivity contribution is 0.0377. The van der Waals surface area contributed by atoms with Crippen LogP contribution in [0.25, 0.3) is 0 Å². The molecule has 0 saturated heterocycles. The number of nitrogens with one attached hydrogen (secondary N) is 1. The molecule has 0 spiro atoms. The van der Waals surface area contributed by atoms with Gasteiger partial charge in [-0.15, -0.1) is 0 Å². The average molecular weight is 290 g/mol. The predicted molar refractivity (Wildman–Crippen MR) is 71.5 cm³/mol. The smallest absolute Gasteiger partial charge is 0.242 e. The summed E-state index contributed by atoms with van der Waals surface area (Å²) < 4.78 is 39.5. The summed E-state index contributed by atoms with van der Waals surface area (Å²) >= 11 is 0. The SMILES string of the molecule is CCC(O)(CC)CNS(=O)(=O)c1cccc(F)c1N. The Balaban J connectivity index is 2.97. The molecule has 0 atom stereocenters. The Morgan fingerprint density at radius 2 is 1.95 bits per heavy atom. The summed E-state index contributed by atoms with van der Waals surface area (Å²) in [4.78, 5) is -0.318. The Morgan fingerprint density at radius 1 is 1.37 bits per heavy atom. The number of benzene rings is 1. The molecule has 1 aromatic rings. The second kappa shape index (κ2) is 5.85. The van der Waals surface area contributed by atoms with Gasteiger partial charge in [-0.2, -0.15) is 0 Å². The molecule has 4 N–H and O–H groups in total. The van der Waals surface area contributed by atoms with Crippen molar-refractivity contribution in [2.24, 2.45) is 0 Å². The van der Waals surface area contributed by atoms with Crippen LogP contribution in [0.3, 0.4) is 0 Å². The first kappa shape index (κ1) is 15.9. The van der Waals surface area contributed by atoms with Crippen molar-refractivity contribution in [3.63, 3.8) is 0 Å². The second-order valence-electron chi connectivity index (χ2n) is 4.41. The van der Waals surface area contributed by atoms with Crippen molar-refractivity contribution in [2.45, 2.75) is 37.2 Å². The number of aliphatic hydroxyl groups is 1. The van der Waals surface area contributed by atoms with E-state index in [4.69, 9.17) is 5.73 Å². The first-order valence-corrected chi connectivity index (χ1v) is 7.50. The van der Waals surface area contributed by atoms with Gasteiger partial charge in [0.05, 0.1) is 11.3 Å². The van der Waals surface area contributed by atoms with Crippen LogP contribution in [0.5, 0.6) is 0 Å². The quantitative estimate of drug-likeness (QED) is 0.687. The molecular formula is C12H19FN2O3S. The molecule has 7 heteroatoms. The van der Waals surface area contributed by atoms with Gasteiger partial charge in [0, 0.05) is 6.54 Å². The maximum atomic E-state index is 13.2. The van der Waals surface area contributed by atoms with E-state index in [0.29, 0.717) is 12.8 Å². The standard InChI is InChI=1S/C12H19FN2O3S/c1-3-12(16,4-2)8-15-19(17,18)10-7-5-6-9(13)11(10)14/h5-7,15-16H,3-4,8,14H2,1-2H3. The first-order valence-electron chi connectivity index (χ1n) is 6.02. The van der Waals surface area contributed by atoms with Gasteiger partial charge in [-0.3, -0.25) is 0 Å². The zero-order chi connectivity index (χ0) is 14.7. The lowest BCUT2D eigenvalue weighted by Gasteiger charge is -2.25. The fourth-order valence-corrected chi connectivity index (χ4v) is 2.82. The number of nitrogen functional groups attached to an aromatic ring is 1. The van der Waals surface area contributed by atoms with E-state index in [1.165, 1.54) is 12.1 Å². The zero-order valence-electron chi connectivity index (χ0n) is 11.0. The third-order valence-electron chi connectivity index (χ3n) is 3.21. The highest BCUT2D eigenvalue weighted by Gasteiger charge is 2.26. The summed E-state index contributed by atoms with van der Waals surface area (Å²) in [6.07, 6.45) is 0.815. The Bertz CT molecular complexity index is 542. The van der Waals surface area contributed by atoms with E-state index < -0.39 is 27.1 Å². The number of hydrogen-bond donors (Lipinski definition) is 3. The molecule has 0 heterocycles. The molecule has 0 aliphatic rings. The van der Waals surface area contributed by atoms with Gasteiger partial charge in [-0.25, -0.2) is 17.5 Å². The number of nitrogens with two attached hydrogens (primary N) is 1. The summed E-state index contributed by atoms with van der Waals surface area (Å²) in [7, 11) is -3.94. The van der Waals surface area contributed by atoms with Gasteiger partial charge in [0.25, 0.3) is 0 Å². The molecule has 1 aromatic carbocycles. The van der Waals surface area contributed by atoms with Crippen LogP contribution in [0.4, 0.5) is 10.1 Å². The third kappa shape index (κ3) is 3.65. The highest BCUT2D eigenvalue weighted by atomic mass is 32.2. The van der Waals surface area contributed by atoms with E-state index in [1.54, 1.807) is 13.8 Å². The molecule has 108 valence electrons. The van der Waals surface area contributed by atoms with E-state index >= 15 is 0 Å². The van der Waals surface area contributed by atoms with Gasteiger partial charge >= 0.3 is 0 Å². The van der Waals surface area contributed by atoms with E-state index in [9.17, 15) is 17.9 Å². The Kier molecular flexibility index (Phi) is 4.89. The summed E-state index contributed by atoms with van der Waals surface area (Å²) in [6.45, 7) is 3.38. The van der Waals surface area contributed by atoms with E-state index in [-0.39, 0.29) is 11.4 Å². The van der Waals surface area contributed by atoms with Crippen LogP contribution in [-0.2, 0) is 10.0 Å². The van der Waals surface area contributed by atoms with E-state index in [2.05, 4.69) is 4.72 Å². The highest BCUT2D eigenvalue weighted by molar-refractivity contribution is 7.89. The maximum absolute atomic E-state index is 13.2. The molecule has 0 aromatic heterocycles. The van der Waals surface area contributed by atoms with Crippen LogP contribution >= 0.6 is 0 Å². The molecular weight excluding hydrogens is 271 g/mol. The molecule has 0 bridgehead atoms. The van der Waals surface area contributed by atoms with Crippen LogP contribution in [0.15, 0.2) is 23.1 Å². The molecule has 0 aliphatic carbocycles. The monoisotopic (exact) mass is 290 g/mol. The minimum Gasteiger partial charge on any atom is -0.395 e. The molecule has 0 unspecified atom stereocenters. The van der Waals surface area contributed by atoms with Gasteiger partial charge in [0.1, 0.15) is 10.7 Å². The topological polar surface area (TPSA) is 92.4 Å². The van der Waals surface area contributed by atoms with Crippen molar-refractivity contribution in [3.8, 4) is 0 Å². The molecule has 5 nitrogen and oxygen atoms in total.